The minimum Gasteiger partial charge on any atom is -0.395 e. The van der Waals surface area contributed by atoms with E-state index in [4.69, 9.17) is 5.11 Å². The SMILES string of the molecule is CCC1CCCC(SC(C)CO)C1. The Morgan fingerprint density at radius 2 is 2.23 bits per heavy atom. The van der Waals surface area contributed by atoms with Crippen molar-refractivity contribution in [3.63, 3.8) is 0 Å². The molecular formula is C11H22OS. The average Bonchev–Trinajstić information content (AvgIpc) is 2.18. The van der Waals surface area contributed by atoms with E-state index in [2.05, 4.69) is 13.8 Å². The van der Waals surface area contributed by atoms with Crippen LogP contribution in [0.15, 0.2) is 0 Å². The molecule has 0 aromatic rings. The molecule has 1 fully saturated rings. The monoisotopic (exact) mass is 202 g/mol. The van der Waals surface area contributed by atoms with Crippen LogP contribution in [0.3, 0.4) is 0 Å². The van der Waals surface area contributed by atoms with Gasteiger partial charge in [-0.05, 0) is 18.8 Å². The molecule has 2 heteroatoms. The van der Waals surface area contributed by atoms with Crippen molar-refractivity contribution < 1.29 is 5.11 Å². The number of thioether (sulfide) groups is 1. The van der Waals surface area contributed by atoms with Gasteiger partial charge in [0.1, 0.15) is 0 Å². The molecular weight excluding hydrogens is 180 g/mol. The molecule has 1 rings (SSSR count). The van der Waals surface area contributed by atoms with Crippen LogP contribution in [0.25, 0.3) is 0 Å². The third-order valence-corrected chi connectivity index (χ3v) is 4.42. The molecule has 0 aromatic carbocycles. The minimum atomic E-state index is 0.331. The Balaban J connectivity index is 2.25. The second-order valence-corrected chi connectivity index (χ2v) is 5.94. The first-order valence-electron chi connectivity index (χ1n) is 5.52. The molecule has 3 atom stereocenters. The van der Waals surface area contributed by atoms with Crippen LogP contribution < -0.4 is 0 Å². The highest BCUT2D eigenvalue weighted by Gasteiger charge is 2.22. The molecule has 0 amide bonds. The molecule has 1 aliphatic carbocycles. The average molecular weight is 202 g/mol. The predicted octanol–water partition coefficient (Wildman–Crippen LogP) is 3.07. The summed E-state index contributed by atoms with van der Waals surface area (Å²) in [4.78, 5) is 0. The van der Waals surface area contributed by atoms with E-state index >= 15 is 0 Å². The first-order chi connectivity index (χ1) is 6.26. The van der Waals surface area contributed by atoms with Crippen molar-refractivity contribution in [2.24, 2.45) is 5.92 Å². The van der Waals surface area contributed by atoms with Gasteiger partial charge in [-0.1, -0.05) is 33.1 Å². The predicted molar refractivity (Wildman–Crippen MR) is 60.2 cm³/mol. The van der Waals surface area contributed by atoms with E-state index in [1.54, 1.807) is 0 Å². The number of hydrogen-bond donors (Lipinski definition) is 1. The largest absolute Gasteiger partial charge is 0.395 e. The summed E-state index contributed by atoms with van der Waals surface area (Å²) >= 11 is 1.99. The van der Waals surface area contributed by atoms with Gasteiger partial charge in [-0.15, -0.1) is 0 Å². The Bertz CT molecular complexity index is 136. The van der Waals surface area contributed by atoms with Gasteiger partial charge in [0.05, 0.1) is 6.61 Å². The molecule has 3 unspecified atom stereocenters. The molecule has 0 aliphatic heterocycles. The van der Waals surface area contributed by atoms with E-state index in [-0.39, 0.29) is 0 Å². The molecule has 0 bridgehead atoms. The summed E-state index contributed by atoms with van der Waals surface area (Å²) < 4.78 is 0. The summed E-state index contributed by atoms with van der Waals surface area (Å²) in [7, 11) is 0. The summed E-state index contributed by atoms with van der Waals surface area (Å²) in [5.74, 6) is 0.956. The summed E-state index contributed by atoms with van der Waals surface area (Å²) in [6, 6.07) is 0. The molecule has 0 saturated heterocycles. The zero-order valence-electron chi connectivity index (χ0n) is 8.83. The van der Waals surface area contributed by atoms with Crippen LogP contribution in [-0.2, 0) is 0 Å². The fourth-order valence-corrected chi connectivity index (χ4v) is 3.54. The Labute approximate surface area is 86.3 Å². The van der Waals surface area contributed by atoms with Crippen molar-refractivity contribution >= 4 is 11.8 Å². The van der Waals surface area contributed by atoms with Crippen LogP contribution in [0.5, 0.6) is 0 Å². The lowest BCUT2D eigenvalue weighted by Crippen LogP contribution is -2.20. The Kier molecular flexibility index (Phi) is 5.18. The first kappa shape index (κ1) is 11.4. The van der Waals surface area contributed by atoms with Crippen molar-refractivity contribution in [1.82, 2.24) is 0 Å². The van der Waals surface area contributed by atoms with Gasteiger partial charge in [0.2, 0.25) is 0 Å². The minimum absolute atomic E-state index is 0.331. The summed E-state index contributed by atoms with van der Waals surface area (Å²) in [6.07, 6.45) is 6.91. The molecule has 0 radical (unpaired) electrons. The second-order valence-electron chi connectivity index (χ2n) is 4.19. The van der Waals surface area contributed by atoms with Crippen LogP contribution in [0, 0.1) is 5.92 Å². The molecule has 13 heavy (non-hydrogen) atoms. The molecule has 1 saturated carbocycles. The quantitative estimate of drug-likeness (QED) is 0.756. The highest BCUT2D eigenvalue weighted by molar-refractivity contribution is 8.00. The highest BCUT2D eigenvalue weighted by Crippen LogP contribution is 2.35. The third kappa shape index (κ3) is 3.90. The zero-order chi connectivity index (χ0) is 9.68. The van der Waals surface area contributed by atoms with Gasteiger partial charge in [-0.3, -0.25) is 0 Å². The van der Waals surface area contributed by atoms with E-state index in [0.717, 1.165) is 11.2 Å². The maximum atomic E-state index is 8.97. The van der Waals surface area contributed by atoms with Gasteiger partial charge < -0.3 is 5.11 Å². The second kappa shape index (κ2) is 5.92. The van der Waals surface area contributed by atoms with Gasteiger partial charge in [-0.2, -0.15) is 11.8 Å². The van der Waals surface area contributed by atoms with E-state index in [1.807, 2.05) is 11.8 Å². The summed E-state index contributed by atoms with van der Waals surface area (Å²) in [5, 5.41) is 10.2. The molecule has 0 spiro atoms. The smallest absolute Gasteiger partial charge is 0.0547 e. The molecule has 1 nitrogen and oxygen atoms in total. The maximum Gasteiger partial charge on any atom is 0.0547 e. The van der Waals surface area contributed by atoms with Crippen molar-refractivity contribution in [1.29, 1.82) is 0 Å². The Morgan fingerprint density at radius 1 is 1.46 bits per heavy atom. The number of rotatable bonds is 4. The van der Waals surface area contributed by atoms with Crippen LogP contribution >= 0.6 is 11.8 Å². The fraction of sp³-hybridized carbons (Fsp3) is 1.00. The fourth-order valence-electron chi connectivity index (χ4n) is 2.11. The van der Waals surface area contributed by atoms with Crippen LogP contribution in [0.2, 0.25) is 0 Å². The normalized spacial score (nSPS) is 31.6. The first-order valence-corrected chi connectivity index (χ1v) is 6.46. The van der Waals surface area contributed by atoms with Gasteiger partial charge >= 0.3 is 0 Å². The van der Waals surface area contributed by atoms with Crippen LogP contribution in [0.1, 0.15) is 46.0 Å². The van der Waals surface area contributed by atoms with E-state index in [9.17, 15) is 0 Å². The van der Waals surface area contributed by atoms with Crippen molar-refractivity contribution in [2.45, 2.75) is 56.5 Å². The number of aliphatic hydroxyl groups excluding tert-OH is 1. The maximum absolute atomic E-state index is 8.97. The molecule has 1 N–H and O–H groups in total. The highest BCUT2D eigenvalue weighted by atomic mass is 32.2. The molecule has 0 heterocycles. The molecule has 1 aliphatic rings. The van der Waals surface area contributed by atoms with Gasteiger partial charge in [0.15, 0.2) is 0 Å². The lowest BCUT2D eigenvalue weighted by atomic mass is 9.87. The standard InChI is InChI=1S/C11H22OS/c1-3-10-5-4-6-11(7-10)13-9(2)8-12/h9-12H,3-8H2,1-2H3. The zero-order valence-corrected chi connectivity index (χ0v) is 9.65. The Hall–Kier alpha value is 0.310. The van der Waals surface area contributed by atoms with E-state index < -0.39 is 0 Å². The van der Waals surface area contributed by atoms with Gasteiger partial charge in [0.25, 0.3) is 0 Å². The summed E-state index contributed by atoms with van der Waals surface area (Å²) in [6.45, 7) is 4.76. The van der Waals surface area contributed by atoms with Gasteiger partial charge in [0, 0.05) is 10.5 Å². The van der Waals surface area contributed by atoms with Crippen molar-refractivity contribution in [3.05, 3.63) is 0 Å². The van der Waals surface area contributed by atoms with Crippen molar-refractivity contribution in [3.8, 4) is 0 Å². The third-order valence-electron chi connectivity index (χ3n) is 2.99. The Morgan fingerprint density at radius 3 is 2.85 bits per heavy atom. The van der Waals surface area contributed by atoms with Gasteiger partial charge in [-0.25, -0.2) is 0 Å². The van der Waals surface area contributed by atoms with Crippen LogP contribution in [-0.4, -0.2) is 22.2 Å². The summed E-state index contributed by atoms with van der Waals surface area (Å²) in [5.41, 5.74) is 0. The lowest BCUT2D eigenvalue weighted by Gasteiger charge is -2.29. The number of hydrogen-bond acceptors (Lipinski definition) is 2. The topological polar surface area (TPSA) is 20.2 Å². The molecule has 0 aromatic heterocycles. The molecule has 78 valence electrons. The van der Waals surface area contributed by atoms with E-state index in [1.165, 1.54) is 32.1 Å². The number of aliphatic hydroxyl groups is 1. The van der Waals surface area contributed by atoms with E-state index in [0.29, 0.717) is 11.9 Å². The van der Waals surface area contributed by atoms with Crippen LogP contribution in [0.4, 0.5) is 0 Å². The van der Waals surface area contributed by atoms with Crippen molar-refractivity contribution in [2.75, 3.05) is 6.61 Å². The lowest BCUT2D eigenvalue weighted by molar-refractivity contribution is 0.298.